The molecule has 128 valence electrons. The molecule has 4 heteroatoms. The van der Waals surface area contributed by atoms with E-state index in [0.29, 0.717) is 0 Å². The van der Waals surface area contributed by atoms with Gasteiger partial charge in [0.1, 0.15) is 5.82 Å². The molecule has 0 aromatic heterocycles. The second-order valence-corrected chi connectivity index (χ2v) is 7.31. The lowest BCUT2D eigenvalue weighted by atomic mass is 9.82. The van der Waals surface area contributed by atoms with Gasteiger partial charge in [-0.3, -0.25) is 4.90 Å². The number of halogens is 2. The monoisotopic (exact) mass is 347 g/mol. The standard InChI is InChI=1S/C20H23ClFNO/c21-18-5-1-17(2-6-18)13-23-12-11-20(14-23,15-24)10-9-16-3-7-19(22)8-4-16/h1-8,24H,9-15H2/t20-/m1/s1. The zero-order valence-electron chi connectivity index (χ0n) is 13.7. The van der Waals surface area contributed by atoms with Gasteiger partial charge in [-0.2, -0.15) is 0 Å². The quantitative estimate of drug-likeness (QED) is 0.842. The molecule has 0 aliphatic carbocycles. The van der Waals surface area contributed by atoms with Gasteiger partial charge >= 0.3 is 0 Å². The van der Waals surface area contributed by atoms with Crippen molar-refractivity contribution >= 4 is 11.6 Å². The van der Waals surface area contributed by atoms with Crippen molar-refractivity contribution in [2.24, 2.45) is 5.41 Å². The SMILES string of the molecule is OC[C@]1(CCc2ccc(F)cc2)CCN(Cc2ccc(Cl)cc2)C1. The van der Waals surface area contributed by atoms with Crippen LogP contribution in [0.1, 0.15) is 24.0 Å². The van der Waals surface area contributed by atoms with Crippen molar-refractivity contribution in [3.05, 3.63) is 70.5 Å². The van der Waals surface area contributed by atoms with Crippen molar-refractivity contribution in [2.45, 2.75) is 25.8 Å². The molecular weight excluding hydrogens is 325 g/mol. The lowest BCUT2D eigenvalue weighted by Gasteiger charge is -2.27. The van der Waals surface area contributed by atoms with Crippen molar-refractivity contribution in [1.29, 1.82) is 0 Å². The molecule has 0 spiro atoms. The third kappa shape index (κ3) is 4.35. The Kier molecular flexibility index (Phi) is 5.54. The predicted molar refractivity (Wildman–Crippen MR) is 95.6 cm³/mol. The molecular formula is C20H23ClFNO. The lowest BCUT2D eigenvalue weighted by Crippen LogP contribution is -2.30. The zero-order chi connectivity index (χ0) is 17.0. The number of aliphatic hydroxyl groups excluding tert-OH is 1. The summed E-state index contributed by atoms with van der Waals surface area (Å²) in [7, 11) is 0. The van der Waals surface area contributed by atoms with Crippen LogP contribution in [0.25, 0.3) is 0 Å². The van der Waals surface area contributed by atoms with Gasteiger partial charge in [0.2, 0.25) is 0 Å². The highest BCUT2D eigenvalue weighted by Crippen LogP contribution is 2.35. The van der Waals surface area contributed by atoms with Gasteiger partial charge in [-0.15, -0.1) is 0 Å². The second-order valence-electron chi connectivity index (χ2n) is 6.87. The summed E-state index contributed by atoms with van der Waals surface area (Å²) in [5, 5.41) is 10.7. The molecule has 1 heterocycles. The molecule has 1 N–H and O–H groups in total. The summed E-state index contributed by atoms with van der Waals surface area (Å²) in [6.07, 6.45) is 2.79. The van der Waals surface area contributed by atoms with Crippen molar-refractivity contribution in [3.63, 3.8) is 0 Å². The fourth-order valence-corrected chi connectivity index (χ4v) is 3.61. The molecule has 2 nitrogen and oxygen atoms in total. The van der Waals surface area contributed by atoms with Gasteiger partial charge in [-0.25, -0.2) is 4.39 Å². The van der Waals surface area contributed by atoms with Gasteiger partial charge in [-0.05, 0) is 61.2 Å². The molecule has 2 aromatic carbocycles. The average Bonchev–Trinajstić information content (AvgIpc) is 3.00. The molecule has 24 heavy (non-hydrogen) atoms. The van der Waals surface area contributed by atoms with E-state index in [0.717, 1.165) is 49.5 Å². The summed E-state index contributed by atoms with van der Waals surface area (Å²) >= 11 is 5.94. The fourth-order valence-electron chi connectivity index (χ4n) is 3.48. The van der Waals surface area contributed by atoms with Gasteiger partial charge in [0, 0.05) is 30.1 Å². The van der Waals surface area contributed by atoms with Gasteiger partial charge in [-0.1, -0.05) is 35.9 Å². The maximum absolute atomic E-state index is 13.0. The topological polar surface area (TPSA) is 23.5 Å². The average molecular weight is 348 g/mol. The molecule has 0 radical (unpaired) electrons. The van der Waals surface area contributed by atoms with Crippen LogP contribution in [0.2, 0.25) is 5.02 Å². The molecule has 2 aromatic rings. The van der Waals surface area contributed by atoms with E-state index in [1.807, 2.05) is 24.3 Å². The minimum Gasteiger partial charge on any atom is -0.396 e. The first kappa shape index (κ1) is 17.4. The van der Waals surface area contributed by atoms with Crippen molar-refractivity contribution in [3.8, 4) is 0 Å². The maximum Gasteiger partial charge on any atom is 0.123 e. The molecule has 0 saturated carbocycles. The van der Waals surface area contributed by atoms with Gasteiger partial charge in [0.15, 0.2) is 0 Å². The van der Waals surface area contributed by atoms with Crippen LogP contribution in [0, 0.1) is 11.2 Å². The first-order valence-corrected chi connectivity index (χ1v) is 8.78. The van der Waals surface area contributed by atoms with Gasteiger partial charge < -0.3 is 5.11 Å². The van der Waals surface area contributed by atoms with E-state index in [1.165, 1.54) is 17.7 Å². The molecule has 3 rings (SSSR count). The molecule has 1 aliphatic heterocycles. The Labute approximate surface area is 147 Å². The van der Waals surface area contributed by atoms with Crippen molar-refractivity contribution in [2.75, 3.05) is 19.7 Å². The highest BCUT2D eigenvalue weighted by molar-refractivity contribution is 6.30. The number of likely N-dealkylation sites (tertiary alicyclic amines) is 1. The van der Waals surface area contributed by atoms with Crippen LogP contribution in [0.4, 0.5) is 4.39 Å². The lowest BCUT2D eigenvalue weighted by molar-refractivity contribution is 0.118. The van der Waals surface area contributed by atoms with E-state index in [9.17, 15) is 9.50 Å². The molecule has 0 bridgehead atoms. The van der Waals surface area contributed by atoms with E-state index in [4.69, 9.17) is 11.6 Å². The molecule has 0 amide bonds. The van der Waals surface area contributed by atoms with Crippen LogP contribution in [0.15, 0.2) is 48.5 Å². The Bertz CT molecular complexity index is 658. The summed E-state index contributed by atoms with van der Waals surface area (Å²) in [6.45, 7) is 2.97. The second kappa shape index (κ2) is 7.64. The van der Waals surface area contributed by atoms with Crippen LogP contribution in [-0.2, 0) is 13.0 Å². The fraction of sp³-hybridized carbons (Fsp3) is 0.400. The Morgan fingerprint density at radius 2 is 1.71 bits per heavy atom. The summed E-state index contributed by atoms with van der Waals surface area (Å²) in [5.74, 6) is -0.203. The first-order chi connectivity index (χ1) is 11.6. The van der Waals surface area contributed by atoms with Crippen molar-refractivity contribution in [1.82, 2.24) is 4.90 Å². The number of aliphatic hydroxyl groups is 1. The molecule has 1 atom stereocenters. The van der Waals surface area contributed by atoms with Crippen LogP contribution < -0.4 is 0 Å². The Hall–Kier alpha value is -1.42. The van der Waals surface area contributed by atoms with Crippen LogP contribution in [0.5, 0.6) is 0 Å². The number of hydrogen-bond acceptors (Lipinski definition) is 2. The van der Waals surface area contributed by atoms with Crippen molar-refractivity contribution < 1.29 is 9.50 Å². The number of nitrogens with zero attached hydrogens (tertiary/aromatic N) is 1. The highest BCUT2D eigenvalue weighted by atomic mass is 35.5. The summed E-state index contributed by atoms with van der Waals surface area (Å²) in [5.41, 5.74) is 2.31. The van der Waals surface area contributed by atoms with E-state index in [-0.39, 0.29) is 17.8 Å². The summed E-state index contributed by atoms with van der Waals surface area (Å²) in [6, 6.07) is 14.6. The van der Waals surface area contributed by atoms with Gasteiger partial charge in [0.25, 0.3) is 0 Å². The van der Waals surface area contributed by atoms with E-state index in [2.05, 4.69) is 17.0 Å². The highest BCUT2D eigenvalue weighted by Gasteiger charge is 2.37. The zero-order valence-corrected chi connectivity index (χ0v) is 14.5. The van der Waals surface area contributed by atoms with Gasteiger partial charge in [0.05, 0.1) is 0 Å². The minimum absolute atomic E-state index is 0.0548. The predicted octanol–water partition coefficient (Wildman–Crippen LogP) is 4.30. The van der Waals surface area contributed by atoms with Crippen LogP contribution >= 0.6 is 11.6 Å². The van der Waals surface area contributed by atoms with Crippen LogP contribution in [-0.4, -0.2) is 29.7 Å². The van der Waals surface area contributed by atoms with E-state index >= 15 is 0 Å². The summed E-state index contributed by atoms with van der Waals surface area (Å²) in [4.78, 5) is 2.39. The smallest absolute Gasteiger partial charge is 0.123 e. The Balaban J connectivity index is 1.57. The third-order valence-electron chi connectivity index (χ3n) is 5.03. The number of aryl methyl sites for hydroxylation is 1. The molecule has 1 aliphatic rings. The Morgan fingerprint density at radius 1 is 1.04 bits per heavy atom. The number of hydrogen-bond donors (Lipinski definition) is 1. The van der Waals surface area contributed by atoms with Crippen LogP contribution in [0.3, 0.4) is 0 Å². The Morgan fingerprint density at radius 3 is 2.38 bits per heavy atom. The number of rotatable bonds is 6. The minimum atomic E-state index is -0.203. The van der Waals surface area contributed by atoms with E-state index < -0.39 is 0 Å². The third-order valence-corrected chi connectivity index (χ3v) is 5.28. The maximum atomic E-state index is 13.0. The largest absolute Gasteiger partial charge is 0.396 e. The molecule has 1 fully saturated rings. The van der Waals surface area contributed by atoms with E-state index in [1.54, 1.807) is 0 Å². The molecule has 0 unspecified atom stereocenters. The summed E-state index contributed by atoms with van der Waals surface area (Å²) < 4.78 is 13.0. The normalized spacial score (nSPS) is 21.3. The number of benzene rings is 2. The first-order valence-electron chi connectivity index (χ1n) is 8.41. The molecule has 1 saturated heterocycles.